The standard InChI is InChI=1S/C24H24ClN5O5S/c1-14-9-15(2)11-18(10-14)36(34,35)23-19-12-17(25)5-6-20(19)28-22(23)24(31)26-7-4-8-29-16(3)27-13-21(29)30(32)33/h5-6,9-13,28H,4,7-8H2,1-3H3,(H,26,31). The molecule has 0 aliphatic heterocycles. The number of imidazole rings is 1. The van der Waals surface area contributed by atoms with Crippen LogP contribution in [0.15, 0.2) is 52.4 Å². The van der Waals surface area contributed by atoms with E-state index in [4.69, 9.17) is 11.6 Å². The number of nitrogens with one attached hydrogen (secondary N) is 2. The van der Waals surface area contributed by atoms with E-state index in [0.717, 1.165) is 11.1 Å². The van der Waals surface area contributed by atoms with E-state index in [-0.39, 0.29) is 34.4 Å². The average molecular weight is 530 g/mol. The van der Waals surface area contributed by atoms with Crippen LogP contribution >= 0.6 is 11.6 Å². The second-order valence-corrected chi connectivity index (χ2v) is 10.9. The number of aryl methyl sites for hydroxylation is 3. The van der Waals surface area contributed by atoms with E-state index in [1.807, 2.05) is 6.07 Å². The SMILES string of the molecule is Cc1cc(C)cc(S(=O)(=O)c2c(C(=O)NCCCn3c([N+](=O)[O-])cnc3C)[nH]c3ccc(Cl)cc23)c1. The van der Waals surface area contributed by atoms with Crippen molar-refractivity contribution in [3.05, 3.63) is 80.4 Å². The Bertz CT molecular complexity index is 1590. The molecule has 12 heteroatoms. The van der Waals surface area contributed by atoms with Gasteiger partial charge >= 0.3 is 5.82 Å². The van der Waals surface area contributed by atoms with E-state index >= 15 is 0 Å². The second kappa shape index (κ2) is 9.75. The van der Waals surface area contributed by atoms with E-state index in [9.17, 15) is 23.3 Å². The van der Waals surface area contributed by atoms with Crippen LogP contribution in [-0.4, -0.2) is 40.3 Å². The predicted molar refractivity (Wildman–Crippen MR) is 135 cm³/mol. The number of carbonyl (C=O) groups is 1. The monoisotopic (exact) mass is 529 g/mol. The van der Waals surface area contributed by atoms with Crippen LogP contribution in [0.3, 0.4) is 0 Å². The summed E-state index contributed by atoms with van der Waals surface area (Å²) < 4.78 is 29.0. The van der Waals surface area contributed by atoms with Crippen molar-refractivity contribution in [3.8, 4) is 0 Å². The number of aromatic nitrogens is 3. The van der Waals surface area contributed by atoms with Crippen molar-refractivity contribution in [2.75, 3.05) is 6.54 Å². The molecule has 0 spiro atoms. The molecule has 188 valence electrons. The van der Waals surface area contributed by atoms with Crippen molar-refractivity contribution in [2.24, 2.45) is 0 Å². The molecule has 0 saturated carbocycles. The summed E-state index contributed by atoms with van der Waals surface area (Å²) in [7, 11) is -4.08. The first kappa shape index (κ1) is 25.4. The zero-order valence-corrected chi connectivity index (χ0v) is 21.4. The van der Waals surface area contributed by atoms with E-state index in [2.05, 4.69) is 15.3 Å². The maximum absolute atomic E-state index is 13.8. The first-order valence-corrected chi connectivity index (χ1v) is 12.9. The van der Waals surface area contributed by atoms with Gasteiger partial charge in [0, 0.05) is 35.8 Å². The smallest absolute Gasteiger partial charge is 0.342 e. The number of hydrogen-bond acceptors (Lipinski definition) is 6. The van der Waals surface area contributed by atoms with Crippen LogP contribution in [0, 0.1) is 30.9 Å². The van der Waals surface area contributed by atoms with Gasteiger partial charge in [0.25, 0.3) is 5.91 Å². The Kier molecular flexibility index (Phi) is 6.87. The maximum atomic E-state index is 13.8. The molecule has 0 aliphatic rings. The lowest BCUT2D eigenvalue weighted by Gasteiger charge is -2.10. The van der Waals surface area contributed by atoms with Gasteiger partial charge in [-0.3, -0.25) is 4.79 Å². The van der Waals surface area contributed by atoms with Crippen molar-refractivity contribution in [1.29, 1.82) is 0 Å². The molecule has 0 unspecified atom stereocenters. The van der Waals surface area contributed by atoms with Crippen LogP contribution in [0.1, 0.15) is 33.9 Å². The molecular weight excluding hydrogens is 506 g/mol. The average Bonchev–Trinajstić information content (AvgIpc) is 3.36. The van der Waals surface area contributed by atoms with Gasteiger partial charge in [0.05, 0.1) is 11.4 Å². The number of halogens is 1. The molecule has 2 heterocycles. The fraction of sp³-hybridized carbons (Fsp3) is 0.250. The summed E-state index contributed by atoms with van der Waals surface area (Å²) in [5, 5.41) is 14.5. The van der Waals surface area contributed by atoms with Gasteiger partial charge in [-0.15, -0.1) is 0 Å². The van der Waals surface area contributed by atoms with Crippen molar-refractivity contribution in [1.82, 2.24) is 19.9 Å². The molecule has 2 aromatic heterocycles. The third kappa shape index (κ3) is 4.84. The third-order valence-corrected chi connectivity index (χ3v) is 7.83. The Labute approximate surface area is 212 Å². The number of nitro groups is 1. The molecule has 4 aromatic rings. The highest BCUT2D eigenvalue weighted by Crippen LogP contribution is 2.34. The molecular formula is C24H24ClN5O5S. The number of fused-ring (bicyclic) bond motifs is 1. The van der Waals surface area contributed by atoms with Gasteiger partial charge in [-0.05, 0) is 60.2 Å². The van der Waals surface area contributed by atoms with Gasteiger partial charge in [0.2, 0.25) is 9.84 Å². The Morgan fingerprint density at radius 1 is 1.17 bits per heavy atom. The highest BCUT2D eigenvalue weighted by atomic mass is 35.5. The lowest BCUT2D eigenvalue weighted by molar-refractivity contribution is -0.392. The van der Waals surface area contributed by atoms with Crippen molar-refractivity contribution in [3.63, 3.8) is 0 Å². The summed E-state index contributed by atoms with van der Waals surface area (Å²) in [6.45, 7) is 5.69. The van der Waals surface area contributed by atoms with Gasteiger partial charge in [-0.25, -0.2) is 18.0 Å². The summed E-state index contributed by atoms with van der Waals surface area (Å²) in [4.78, 5) is 30.6. The molecule has 2 N–H and O–H groups in total. The number of amides is 1. The number of hydrogen-bond donors (Lipinski definition) is 2. The number of aromatic amines is 1. The van der Waals surface area contributed by atoms with Crippen molar-refractivity contribution >= 4 is 44.1 Å². The Balaban J connectivity index is 1.64. The van der Waals surface area contributed by atoms with E-state index in [0.29, 0.717) is 28.2 Å². The molecule has 0 fully saturated rings. The number of rotatable bonds is 8. The minimum atomic E-state index is -4.08. The minimum Gasteiger partial charge on any atom is -0.358 e. The predicted octanol–water partition coefficient (Wildman–Crippen LogP) is 4.50. The summed E-state index contributed by atoms with van der Waals surface area (Å²) in [5.41, 5.74) is 1.91. The zero-order valence-electron chi connectivity index (χ0n) is 19.8. The molecule has 0 bridgehead atoms. The van der Waals surface area contributed by atoms with E-state index < -0.39 is 20.7 Å². The van der Waals surface area contributed by atoms with Gasteiger partial charge in [-0.1, -0.05) is 17.7 Å². The van der Waals surface area contributed by atoms with Crippen LogP contribution in [0.25, 0.3) is 10.9 Å². The Morgan fingerprint density at radius 2 is 1.86 bits per heavy atom. The molecule has 10 nitrogen and oxygen atoms in total. The van der Waals surface area contributed by atoms with Gasteiger partial charge in [0.15, 0.2) is 5.82 Å². The lowest BCUT2D eigenvalue weighted by atomic mass is 10.2. The molecule has 2 aromatic carbocycles. The number of sulfone groups is 1. The van der Waals surface area contributed by atoms with Gasteiger partial charge < -0.3 is 20.4 Å². The molecule has 0 radical (unpaired) electrons. The number of benzene rings is 2. The first-order chi connectivity index (χ1) is 17.0. The molecule has 0 aliphatic carbocycles. The van der Waals surface area contributed by atoms with Crippen molar-refractivity contribution < 1.29 is 18.1 Å². The second-order valence-electron chi connectivity index (χ2n) is 8.53. The molecule has 0 atom stereocenters. The topological polar surface area (TPSA) is 140 Å². The summed E-state index contributed by atoms with van der Waals surface area (Å²) in [6.07, 6.45) is 1.56. The fourth-order valence-electron chi connectivity index (χ4n) is 4.19. The normalized spacial score (nSPS) is 11.7. The van der Waals surface area contributed by atoms with Crippen LogP contribution in [-0.2, 0) is 16.4 Å². The largest absolute Gasteiger partial charge is 0.358 e. The molecule has 4 rings (SSSR count). The lowest BCUT2D eigenvalue weighted by Crippen LogP contribution is -2.27. The van der Waals surface area contributed by atoms with Crippen LogP contribution in [0.4, 0.5) is 5.82 Å². The Morgan fingerprint density at radius 3 is 2.53 bits per heavy atom. The number of H-pyrrole nitrogens is 1. The number of nitrogens with zero attached hydrogens (tertiary/aromatic N) is 3. The molecule has 36 heavy (non-hydrogen) atoms. The van der Waals surface area contributed by atoms with Crippen LogP contribution in [0.5, 0.6) is 0 Å². The quantitative estimate of drug-likeness (QED) is 0.195. The van der Waals surface area contributed by atoms with E-state index in [1.54, 1.807) is 45.0 Å². The fourth-order valence-corrected chi connectivity index (χ4v) is 6.15. The Hall–Kier alpha value is -3.70. The molecule has 1 amide bonds. The van der Waals surface area contributed by atoms with Crippen LogP contribution < -0.4 is 5.32 Å². The highest BCUT2D eigenvalue weighted by molar-refractivity contribution is 7.91. The van der Waals surface area contributed by atoms with Gasteiger partial charge in [0.1, 0.15) is 16.8 Å². The maximum Gasteiger partial charge on any atom is 0.342 e. The van der Waals surface area contributed by atoms with E-state index in [1.165, 1.54) is 16.8 Å². The minimum absolute atomic E-state index is 0.0813. The molecule has 0 saturated heterocycles. The summed E-state index contributed by atoms with van der Waals surface area (Å²) in [5.74, 6) is -0.252. The van der Waals surface area contributed by atoms with Crippen LogP contribution in [0.2, 0.25) is 5.02 Å². The van der Waals surface area contributed by atoms with Gasteiger partial charge in [-0.2, -0.15) is 0 Å². The van der Waals surface area contributed by atoms with Crippen molar-refractivity contribution in [2.45, 2.75) is 43.5 Å². The highest BCUT2D eigenvalue weighted by Gasteiger charge is 2.30. The zero-order chi connectivity index (χ0) is 26.2. The number of carbonyl (C=O) groups excluding carboxylic acids is 1. The summed E-state index contributed by atoms with van der Waals surface area (Å²) in [6, 6.07) is 9.73. The third-order valence-electron chi connectivity index (χ3n) is 5.78. The summed E-state index contributed by atoms with van der Waals surface area (Å²) >= 11 is 6.16. The first-order valence-electron chi connectivity index (χ1n) is 11.1.